The summed E-state index contributed by atoms with van der Waals surface area (Å²) in [6.07, 6.45) is 2.82. The number of anilines is 1. The lowest BCUT2D eigenvalue weighted by atomic mass is 10.00. The molecule has 96 valence electrons. The Bertz CT molecular complexity index is 511. The molecule has 6 heteroatoms. The van der Waals surface area contributed by atoms with Crippen LogP contribution in [0.1, 0.15) is 40.2 Å². The SMILES string of the molecule is Nc1c(/C=N/C(F)F)cc(C(=O)O)cc1C1CC1. The van der Waals surface area contributed by atoms with Crippen molar-refractivity contribution in [2.45, 2.75) is 25.3 Å². The van der Waals surface area contributed by atoms with E-state index in [2.05, 4.69) is 4.99 Å². The molecule has 0 radical (unpaired) electrons. The van der Waals surface area contributed by atoms with Crippen LogP contribution in [-0.2, 0) is 0 Å². The lowest BCUT2D eigenvalue weighted by molar-refractivity contribution is 0.0696. The predicted octanol–water partition coefficient (Wildman–Crippen LogP) is 2.49. The number of carboxylic acids is 1. The molecule has 18 heavy (non-hydrogen) atoms. The number of halogens is 2. The summed E-state index contributed by atoms with van der Waals surface area (Å²) in [5.74, 6) is -0.869. The van der Waals surface area contributed by atoms with Gasteiger partial charge in [-0.2, -0.15) is 8.78 Å². The Morgan fingerprint density at radius 2 is 2.17 bits per heavy atom. The number of nitrogens with two attached hydrogens (primary N) is 1. The van der Waals surface area contributed by atoms with Gasteiger partial charge >= 0.3 is 12.5 Å². The first-order valence-corrected chi connectivity index (χ1v) is 5.47. The lowest BCUT2D eigenvalue weighted by Gasteiger charge is -2.09. The highest BCUT2D eigenvalue weighted by Gasteiger charge is 2.27. The number of aromatic carboxylic acids is 1. The standard InChI is InChI=1S/C12H12F2N2O2/c13-12(14)16-5-8-3-7(11(17)18)4-9(10(8)15)6-1-2-6/h3-6,12H,1-2,15H2,(H,17,18)/b16-5+. The molecule has 0 aliphatic heterocycles. The summed E-state index contributed by atoms with van der Waals surface area (Å²) in [5.41, 5.74) is 7.18. The molecule has 0 saturated heterocycles. The summed E-state index contributed by atoms with van der Waals surface area (Å²) in [6.45, 7) is -2.83. The predicted molar refractivity (Wildman–Crippen MR) is 63.4 cm³/mol. The Morgan fingerprint density at radius 1 is 1.50 bits per heavy atom. The molecule has 0 amide bonds. The zero-order valence-electron chi connectivity index (χ0n) is 9.44. The number of carbonyl (C=O) groups is 1. The fourth-order valence-electron chi connectivity index (χ4n) is 1.80. The van der Waals surface area contributed by atoms with Gasteiger partial charge in [-0.25, -0.2) is 9.79 Å². The van der Waals surface area contributed by atoms with E-state index in [1.165, 1.54) is 12.1 Å². The van der Waals surface area contributed by atoms with E-state index in [0.717, 1.165) is 19.1 Å². The van der Waals surface area contributed by atoms with Gasteiger partial charge in [-0.05, 0) is 36.5 Å². The third-order valence-electron chi connectivity index (χ3n) is 2.83. The summed E-state index contributed by atoms with van der Waals surface area (Å²) < 4.78 is 24.1. The number of carboxylic acid groups (broad SMARTS) is 1. The van der Waals surface area contributed by atoms with Crippen molar-refractivity contribution in [1.29, 1.82) is 0 Å². The highest BCUT2D eigenvalue weighted by Crippen LogP contribution is 2.43. The molecule has 1 fully saturated rings. The summed E-state index contributed by atoms with van der Waals surface area (Å²) in [6, 6.07) is 2.77. The molecule has 1 aromatic carbocycles. The van der Waals surface area contributed by atoms with Crippen LogP contribution in [0, 0.1) is 0 Å². The van der Waals surface area contributed by atoms with Gasteiger partial charge in [-0.3, -0.25) is 0 Å². The van der Waals surface area contributed by atoms with E-state index < -0.39 is 12.5 Å². The van der Waals surface area contributed by atoms with Crippen molar-refractivity contribution in [2.75, 3.05) is 5.73 Å². The number of hydrogen-bond acceptors (Lipinski definition) is 3. The minimum Gasteiger partial charge on any atom is -0.478 e. The fraction of sp³-hybridized carbons (Fsp3) is 0.333. The first kappa shape index (κ1) is 12.5. The van der Waals surface area contributed by atoms with E-state index in [1.807, 2.05) is 0 Å². The molecule has 1 saturated carbocycles. The number of alkyl halides is 2. The minimum absolute atomic E-state index is 0.0433. The van der Waals surface area contributed by atoms with Gasteiger partial charge in [0.25, 0.3) is 0 Å². The van der Waals surface area contributed by atoms with Crippen LogP contribution >= 0.6 is 0 Å². The third-order valence-corrected chi connectivity index (χ3v) is 2.83. The number of benzene rings is 1. The van der Waals surface area contributed by atoms with Gasteiger partial charge in [0, 0.05) is 17.5 Å². The van der Waals surface area contributed by atoms with Crippen molar-refractivity contribution in [3.63, 3.8) is 0 Å². The number of nitrogen functional groups attached to an aromatic ring is 1. The molecule has 1 aliphatic carbocycles. The summed E-state index contributed by atoms with van der Waals surface area (Å²) >= 11 is 0. The molecule has 0 heterocycles. The zero-order valence-corrected chi connectivity index (χ0v) is 9.44. The van der Waals surface area contributed by atoms with Crippen LogP contribution < -0.4 is 5.73 Å². The maximum absolute atomic E-state index is 12.0. The van der Waals surface area contributed by atoms with E-state index in [9.17, 15) is 13.6 Å². The molecule has 4 nitrogen and oxygen atoms in total. The first-order valence-electron chi connectivity index (χ1n) is 5.47. The highest BCUT2D eigenvalue weighted by molar-refractivity contribution is 5.95. The van der Waals surface area contributed by atoms with Crippen LogP contribution in [0.15, 0.2) is 17.1 Å². The Labute approximate surface area is 102 Å². The van der Waals surface area contributed by atoms with Gasteiger partial charge in [0.15, 0.2) is 0 Å². The van der Waals surface area contributed by atoms with Gasteiger partial charge in [-0.1, -0.05) is 0 Å². The van der Waals surface area contributed by atoms with Gasteiger partial charge in [0.05, 0.1) is 5.56 Å². The molecule has 1 aliphatic rings. The van der Waals surface area contributed by atoms with E-state index in [1.54, 1.807) is 0 Å². The van der Waals surface area contributed by atoms with Crippen LogP contribution in [0.4, 0.5) is 14.5 Å². The van der Waals surface area contributed by atoms with E-state index in [-0.39, 0.29) is 17.0 Å². The second-order valence-corrected chi connectivity index (χ2v) is 4.20. The zero-order chi connectivity index (χ0) is 13.3. The topological polar surface area (TPSA) is 75.7 Å². The molecule has 0 spiro atoms. The molecule has 0 atom stereocenters. The Kier molecular flexibility index (Phi) is 3.27. The summed E-state index contributed by atoms with van der Waals surface area (Å²) in [7, 11) is 0. The molecule has 2 rings (SSSR count). The second-order valence-electron chi connectivity index (χ2n) is 4.20. The Hall–Kier alpha value is -1.98. The van der Waals surface area contributed by atoms with E-state index in [4.69, 9.17) is 10.8 Å². The van der Waals surface area contributed by atoms with Crippen LogP contribution in [0.25, 0.3) is 0 Å². The molecule has 0 unspecified atom stereocenters. The summed E-state index contributed by atoms with van der Waals surface area (Å²) in [5, 5.41) is 8.97. The van der Waals surface area contributed by atoms with Crippen molar-refractivity contribution in [3.05, 3.63) is 28.8 Å². The number of nitrogens with zero attached hydrogens (tertiary/aromatic N) is 1. The van der Waals surface area contributed by atoms with Crippen molar-refractivity contribution >= 4 is 17.9 Å². The van der Waals surface area contributed by atoms with Crippen LogP contribution in [0.3, 0.4) is 0 Å². The second kappa shape index (κ2) is 4.72. The quantitative estimate of drug-likeness (QED) is 0.492. The van der Waals surface area contributed by atoms with E-state index >= 15 is 0 Å². The van der Waals surface area contributed by atoms with Crippen LogP contribution in [0.5, 0.6) is 0 Å². The van der Waals surface area contributed by atoms with Gasteiger partial charge in [0.1, 0.15) is 0 Å². The number of rotatable bonds is 4. The van der Waals surface area contributed by atoms with E-state index in [0.29, 0.717) is 11.3 Å². The minimum atomic E-state index is -2.83. The average molecular weight is 254 g/mol. The normalized spacial score (nSPS) is 15.5. The van der Waals surface area contributed by atoms with Gasteiger partial charge < -0.3 is 10.8 Å². The largest absolute Gasteiger partial charge is 0.478 e. The fourth-order valence-corrected chi connectivity index (χ4v) is 1.80. The van der Waals surface area contributed by atoms with Crippen molar-refractivity contribution in [3.8, 4) is 0 Å². The maximum Gasteiger partial charge on any atom is 0.335 e. The van der Waals surface area contributed by atoms with Gasteiger partial charge in [-0.15, -0.1) is 0 Å². The Morgan fingerprint density at radius 3 is 2.67 bits per heavy atom. The number of aliphatic imine (C=N–C) groups is 1. The highest BCUT2D eigenvalue weighted by atomic mass is 19.3. The van der Waals surface area contributed by atoms with Crippen LogP contribution in [0.2, 0.25) is 0 Å². The first-order chi connectivity index (χ1) is 8.49. The van der Waals surface area contributed by atoms with Crippen molar-refractivity contribution in [1.82, 2.24) is 0 Å². The molecule has 3 N–H and O–H groups in total. The molecular weight excluding hydrogens is 242 g/mol. The van der Waals surface area contributed by atoms with Crippen molar-refractivity contribution < 1.29 is 18.7 Å². The monoisotopic (exact) mass is 254 g/mol. The maximum atomic E-state index is 12.0. The lowest BCUT2D eigenvalue weighted by Crippen LogP contribution is -2.05. The Balaban J connectivity index is 2.46. The van der Waals surface area contributed by atoms with Crippen LogP contribution in [-0.4, -0.2) is 23.8 Å². The molecule has 1 aromatic rings. The van der Waals surface area contributed by atoms with Gasteiger partial charge in [0.2, 0.25) is 0 Å². The summed E-state index contributed by atoms with van der Waals surface area (Å²) in [4.78, 5) is 13.9. The molecule has 0 bridgehead atoms. The third kappa shape index (κ3) is 2.64. The number of hydrogen-bond donors (Lipinski definition) is 2. The molecule has 0 aromatic heterocycles. The van der Waals surface area contributed by atoms with Crippen molar-refractivity contribution in [2.24, 2.45) is 4.99 Å². The smallest absolute Gasteiger partial charge is 0.335 e. The average Bonchev–Trinajstić information content (AvgIpc) is 3.11. The molecular formula is C12H12F2N2O2.